The van der Waals surface area contributed by atoms with Crippen molar-refractivity contribution in [2.75, 3.05) is 36.1 Å². The Morgan fingerprint density at radius 2 is 1.85 bits per heavy atom. The van der Waals surface area contributed by atoms with Gasteiger partial charge in [-0.1, -0.05) is 45.4 Å². The molecule has 0 spiro atoms. The number of methoxy groups -OCH3 is 1. The van der Waals surface area contributed by atoms with Crippen LogP contribution >= 0.6 is 0 Å². The van der Waals surface area contributed by atoms with Crippen molar-refractivity contribution in [2.45, 2.75) is 64.7 Å². The van der Waals surface area contributed by atoms with Crippen LogP contribution in [0.15, 0.2) is 18.2 Å². The molecule has 4 rings (SSSR count). The Bertz CT molecular complexity index is 920. The molecule has 3 N–H and O–H groups in total. The summed E-state index contributed by atoms with van der Waals surface area (Å²) >= 11 is 0. The van der Waals surface area contributed by atoms with E-state index in [0.717, 1.165) is 25.9 Å². The van der Waals surface area contributed by atoms with Crippen LogP contribution in [-0.4, -0.2) is 35.2 Å². The molecule has 0 bridgehead atoms. The van der Waals surface area contributed by atoms with Gasteiger partial charge in [-0.2, -0.15) is 15.0 Å². The van der Waals surface area contributed by atoms with Crippen molar-refractivity contribution < 1.29 is 9.13 Å². The van der Waals surface area contributed by atoms with E-state index in [1.54, 1.807) is 6.07 Å². The molecule has 2 aromatic rings. The molecule has 180 valence electrons. The molecule has 7 nitrogen and oxygen atoms in total. The maximum atomic E-state index is 14.6. The smallest absolute Gasteiger partial charge is 0.236 e. The van der Waals surface area contributed by atoms with E-state index in [0.29, 0.717) is 35.3 Å². The van der Waals surface area contributed by atoms with E-state index in [2.05, 4.69) is 22.2 Å². The lowest BCUT2D eigenvalue weighted by molar-refractivity contribution is 0.373. The normalized spacial score (nSPS) is 21.2. The Hall–Kier alpha value is -2.64. The van der Waals surface area contributed by atoms with Crippen LogP contribution in [0.5, 0.6) is 5.75 Å². The second kappa shape index (κ2) is 11.0. The molecule has 2 unspecified atom stereocenters. The number of nitrogen functional groups attached to an aromatic ring is 1. The molecule has 0 saturated heterocycles. The zero-order valence-corrected chi connectivity index (χ0v) is 19.9. The van der Waals surface area contributed by atoms with E-state index >= 15 is 0 Å². The molecule has 33 heavy (non-hydrogen) atoms. The Morgan fingerprint density at radius 3 is 2.58 bits per heavy atom. The van der Waals surface area contributed by atoms with Crippen LogP contribution in [0.25, 0.3) is 0 Å². The first-order valence-corrected chi connectivity index (χ1v) is 12.4. The molecular formula is C25H37FN6O. The first-order chi connectivity index (χ1) is 16.1. The van der Waals surface area contributed by atoms with E-state index in [1.165, 1.54) is 58.1 Å². The fraction of sp³-hybridized carbons (Fsp3) is 0.640. The average molecular weight is 457 g/mol. The van der Waals surface area contributed by atoms with Crippen LogP contribution in [0.4, 0.5) is 27.9 Å². The van der Waals surface area contributed by atoms with Crippen LogP contribution in [-0.2, 0) is 0 Å². The van der Waals surface area contributed by atoms with Gasteiger partial charge in [0.1, 0.15) is 0 Å². The number of nitrogens with two attached hydrogens (primary N) is 1. The zero-order chi connectivity index (χ0) is 23.2. The number of hydrogen-bond acceptors (Lipinski definition) is 7. The largest absolute Gasteiger partial charge is 0.494 e. The molecule has 0 aliphatic heterocycles. The topological polar surface area (TPSA) is 89.2 Å². The Kier molecular flexibility index (Phi) is 7.83. The molecule has 0 amide bonds. The molecule has 1 heterocycles. The highest BCUT2D eigenvalue weighted by molar-refractivity contribution is 5.60. The Balaban J connectivity index is 1.61. The lowest BCUT2D eigenvalue weighted by Gasteiger charge is -2.29. The fourth-order valence-corrected chi connectivity index (χ4v) is 5.46. The monoisotopic (exact) mass is 456 g/mol. The van der Waals surface area contributed by atoms with E-state index in [1.807, 2.05) is 11.0 Å². The summed E-state index contributed by atoms with van der Waals surface area (Å²) in [5, 5.41) is 3.38. The minimum Gasteiger partial charge on any atom is -0.494 e. The van der Waals surface area contributed by atoms with Crippen LogP contribution in [0.2, 0.25) is 0 Å². The standard InChI is InChI=1S/C25H37FN6O/c1-3-18-10-7-11-19(18)16-32(20-12-13-22(33-2)21(26)14-20)25-30-23(27)29-24(31-25)28-15-17-8-5-4-6-9-17/h12-14,17-19H,3-11,15-16H2,1-2H3,(H3,27,28,29,30,31). The van der Waals surface area contributed by atoms with E-state index in [-0.39, 0.29) is 11.7 Å². The number of halogens is 1. The van der Waals surface area contributed by atoms with Gasteiger partial charge in [0, 0.05) is 24.8 Å². The van der Waals surface area contributed by atoms with Gasteiger partial charge >= 0.3 is 0 Å². The molecule has 0 radical (unpaired) electrons. The molecule has 1 aromatic heterocycles. The molecule has 2 fully saturated rings. The first kappa shape index (κ1) is 23.5. The van der Waals surface area contributed by atoms with Gasteiger partial charge < -0.3 is 20.7 Å². The number of hydrogen-bond donors (Lipinski definition) is 2. The van der Waals surface area contributed by atoms with Crippen LogP contribution in [0.1, 0.15) is 64.7 Å². The molecule has 2 saturated carbocycles. The summed E-state index contributed by atoms with van der Waals surface area (Å²) in [5.41, 5.74) is 6.79. The second-order valence-electron chi connectivity index (χ2n) is 9.49. The van der Waals surface area contributed by atoms with Crippen LogP contribution in [0.3, 0.4) is 0 Å². The average Bonchev–Trinajstić information content (AvgIpc) is 3.29. The summed E-state index contributed by atoms with van der Waals surface area (Å²) in [6, 6.07) is 4.99. The minimum atomic E-state index is -0.406. The summed E-state index contributed by atoms with van der Waals surface area (Å²) in [6.07, 6.45) is 11.1. The van der Waals surface area contributed by atoms with Crippen molar-refractivity contribution in [1.82, 2.24) is 15.0 Å². The van der Waals surface area contributed by atoms with Crippen molar-refractivity contribution in [3.8, 4) is 5.75 Å². The number of anilines is 4. The van der Waals surface area contributed by atoms with Crippen molar-refractivity contribution in [3.05, 3.63) is 24.0 Å². The maximum absolute atomic E-state index is 14.6. The number of nitrogens with one attached hydrogen (secondary N) is 1. The maximum Gasteiger partial charge on any atom is 0.236 e. The summed E-state index contributed by atoms with van der Waals surface area (Å²) in [7, 11) is 1.47. The van der Waals surface area contributed by atoms with Crippen molar-refractivity contribution in [3.63, 3.8) is 0 Å². The molecular weight excluding hydrogens is 419 g/mol. The number of nitrogens with zero attached hydrogens (tertiary/aromatic N) is 4. The Morgan fingerprint density at radius 1 is 1.06 bits per heavy atom. The minimum absolute atomic E-state index is 0.170. The van der Waals surface area contributed by atoms with Gasteiger partial charge in [-0.25, -0.2) is 4.39 Å². The van der Waals surface area contributed by atoms with Crippen molar-refractivity contribution in [1.29, 1.82) is 0 Å². The molecule has 8 heteroatoms. The fourth-order valence-electron chi connectivity index (χ4n) is 5.46. The molecule has 2 aliphatic carbocycles. The lowest BCUT2D eigenvalue weighted by Crippen LogP contribution is -2.29. The third-order valence-corrected chi connectivity index (χ3v) is 7.36. The van der Waals surface area contributed by atoms with Gasteiger partial charge in [0.25, 0.3) is 0 Å². The van der Waals surface area contributed by atoms with Gasteiger partial charge in [-0.15, -0.1) is 0 Å². The molecule has 2 atom stereocenters. The van der Waals surface area contributed by atoms with Gasteiger partial charge in [0.15, 0.2) is 11.6 Å². The summed E-state index contributed by atoms with van der Waals surface area (Å²) < 4.78 is 19.7. The zero-order valence-electron chi connectivity index (χ0n) is 19.9. The highest BCUT2D eigenvalue weighted by atomic mass is 19.1. The second-order valence-corrected chi connectivity index (χ2v) is 9.49. The number of aromatic nitrogens is 3. The summed E-state index contributed by atoms with van der Waals surface area (Å²) in [5.74, 6) is 2.71. The number of ether oxygens (including phenoxy) is 1. The SMILES string of the molecule is CCC1CCCC1CN(c1ccc(OC)c(F)c1)c1nc(N)nc(NCC2CCCCC2)n1. The highest BCUT2D eigenvalue weighted by Gasteiger charge is 2.29. The van der Waals surface area contributed by atoms with E-state index in [9.17, 15) is 4.39 Å². The van der Waals surface area contributed by atoms with Crippen molar-refractivity contribution in [2.24, 2.45) is 17.8 Å². The number of benzene rings is 1. The van der Waals surface area contributed by atoms with E-state index < -0.39 is 5.82 Å². The van der Waals surface area contributed by atoms with Gasteiger partial charge in [-0.05, 0) is 49.1 Å². The highest BCUT2D eigenvalue weighted by Crippen LogP contribution is 2.37. The third-order valence-electron chi connectivity index (χ3n) is 7.36. The first-order valence-electron chi connectivity index (χ1n) is 12.4. The van der Waals surface area contributed by atoms with Crippen LogP contribution in [0, 0.1) is 23.6 Å². The third kappa shape index (κ3) is 5.84. The summed E-state index contributed by atoms with van der Waals surface area (Å²) in [4.78, 5) is 15.5. The van der Waals surface area contributed by atoms with Gasteiger partial charge in [-0.3, -0.25) is 0 Å². The predicted octanol–water partition coefficient (Wildman–Crippen LogP) is 5.56. The lowest BCUT2D eigenvalue weighted by atomic mass is 9.89. The van der Waals surface area contributed by atoms with Crippen LogP contribution < -0.4 is 20.7 Å². The van der Waals surface area contributed by atoms with E-state index in [4.69, 9.17) is 15.5 Å². The number of rotatable bonds is 9. The van der Waals surface area contributed by atoms with Crippen molar-refractivity contribution >= 4 is 23.5 Å². The predicted molar refractivity (Wildman–Crippen MR) is 130 cm³/mol. The van der Waals surface area contributed by atoms with Gasteiger partial charge in [0.05, 0.1) is 7.11 Å². The van der Waals surface area contributed by atoms with Gasteiger partial charge in [0.2, 0.25) is 17.8 Å². The Labute approximate surface area is 196 Å². The quantitative estimate of drug-likeness (QED) is 0.511. The molecule has 1 aromatic carbocycles. The summed E-state index contributed by atoms with van der Waals surface area (Å²) in [6.45, 7) is 3.80. The molecule has 2 aliphatic rings.